The summed E-state index contributed by atoms with van der Waals surface area (Å²) < 4.78 is 32.0. The Kier molecular flexibility index (Phi) is 5.06. The minimum atomic E-state index is -3.79. The van der Waals surface area contributed by atoms with Crippen molar-refractivity contribution in [1.29, 1.82) is 0 Å². The van der Waals surface area contributed by atoms with E-state index in [0.29, 0.717) is 0 Å². The van der Waals surface area contributed by atoms with Gasteiger partial charge in [-0.15, -0.1) is 0 Å². The number of sulfonamides is 1. The molecule has 0 aromatic carbocycles. The van der Waals surface area contributed by atoms with E-state index in [1.165, 1.54) is 6.20 Å². The van der Waals surface area contributed by atoms with Crippen LogP contribution in [-0.2, 0) is 14.8 Å². The Balaban J connectivity index is 2.17. The SMILES string of the molecule is CCOC(=O)c1cn[nH]c1S(=O)(=O)NC1CCSCC1. The molecule has 1 fully saturated rings. The Morgan fingerprint density at radius 2 is 2.25 bits per heavy atom. The number of nitrogens with zero attached hydrogens (tertiary/aromatic N) is 1. The molecule has 1 saturated heterocycles. The van der Waals surface area contributed by atoms with Crippen LogP contribution in [0, 0.1) is 0 Å². The van der Waals surface area contributed by atoms with E-state index >= 15 is 0 Å². The molecule has 2 heterocycles. The Labute approximate surface area is 121 Å². The van der Waals surface area contributed by atoms with Crippen molar-refractivity contribution in [2.45, 2.75) is 30.8 Å². The zero-order valence-electron chi connectivity index (χ0n) is 11.1. The third kappa shape index (κ3) is 3.53. The zero-order chi connectivity index (χ0) is 14.6. The van der Waals surface area contributed by atoms with Crippen molar-refractivity contribution in [2.75, 3.05) is 18.1 Å². The predicted octanol–water partition coefficient (Wildman–Crippen LogP) is 0.760. The molecule has 7 nitrogen and oxygen atoms in total. The summed E-state index contributed by atoms with van der Waals surface area (Å²) in [6.07, 6.45) is 2.74. The molecule has 1 aromatic heterocycles. The van der Waals surface area contributed by atoms with Gasteiger partial charge in [-0.1, -0.05) is 0 Å². The molecule has 0 aliphatic carbocycles. The van der Waals surface area contributed by atoms with Crippen molar-refractivity contribution >= 4 is 27.8 Å². The van der Waals surface area contributed by atoms with Gasteiger partial charge >= 0.3 is 5.97 Å². The maximum absolute atomic E-state index is 12.3. The Hall–Kier alpha value is -1.06. The average Bonchev–Trinajstić information content (AvgIpc) is 2.90. The summed E-state index contributed by atoms with van der Waals surface area (Å²) in [4.78, 5) is 11.7. The lowest BCUT2D eigenvalue weighted by Crippen LogP contribution is -2.38. The second-order valence-corrected chi connectivity index (χ2v) is 7.22. The smallest absolute Gasteiger partial charge is 0.342 e. The fourth-order valence-corrected chi connectivity index (χ4v) is 4.42. The van der Waals surface area contributed by atoms with Gasteiger partial charge in [0.05, 0.1) is 12.8 Å². The summed E-state index contributed by atoms with van der Waals surface area (Å²) in [5.74, 6) is 1.17. The van der Waals surface area contributed by atoms with Crippen LogP contribution in [0.1, 0.15) is 30.1 Å². The average molecular weight is 319 g/mol. The maximum atomic E-state index is 12.3. The number of thioether (sulfide) groups is 1. The lowest BCUT2D eigenvalue weighted by atomic mass is 10.2. The number of rotatable bonds is 5. The lowest BCUT2D eigenvalue weighted by molar-refractivity contribution is 0.0522. The first kappa shape index (κ1) is 15.3. The molecule has 2 rings (SSSR count). The molecule has 112 valence electrons. The van der Waals surface area contributed by atoms with Gasteiger partial charge in [-0.3, -0.25) is 5.10 Å². The van der Waals surface area contributed by atoms with E-state index in [1.54, 1.807) is 6.92 Å². The van der Waals surface area contributed by atoms with Crippen LogP contribution in [0.3, 0.4) is 0 Å². The monoisotopic (exact) mass is 319 g/mol. The molecule has 0 radical (unpaired) electrons. The molecular weight excluding hydrogens is 302 g/mol. The van der Waals surface area contributed by atoms with Gasteiger partial charge in [0, 0.05) is 6.04 Å². The normalized spacial score (nSPS) is 17.1. The zero-order valence-corrected chi connectivity index (χ0v) is 12.7. The van der Waals surface area contributed by atoms with Crippen molar-refractivity contribution < 1.29 is 17.9 Å². The molecule has 1 aliphatic heterocycles. The standard InChI is InChI=1S/C11H17N3O4S2/c1-2-18-11(15)9-7-12-13-10(9)20(16,17)14-8-3-5-19-6-4-8/h7-8,14H,2-6H2,1H3,(H,12,13). The summed E-state index contributed by atoms with van der Waals surface area (Å²) >= 11 is 1.81. The number of aromatic amines is 1. The molecule has 0 saturated carbocycles. The van der Waals surface area contributed by atoms with E-state index < -0.39 is 16.0 Å². The highest BCUT2D eigenvalue weighted by molar-refractivity contribution is 7.99. The molecule has 0 atom stereocenters. The molecule has 1 aromatic rings. The van der Waals surface area contributed by atoms with E-state index in [1.807, 2.05) is 11.8 Å². The molecule has 0 amide bonds. The minimum Gasteiger partial charge on any atom is -0.462 e. The van der Waals surface area contributed by atoms with Crippen LogP contribution in [0.25, 0.3) is 0 Å². The molecule has 0 unspecified atom stereocenters. The molecule has 0 spiro atoms. The number of carbonyl (C=O) groups excluding carboxylic acids is 1. The van der Waals surface area contributed by atoms with Crippen molar-refractivity contribution in [3.8, 4) is 0 Å². The summed E-state index contributed by atoms with van der Waals surface area (Å²) in [6.45, 7) is 1.83. The lowest BCUT2D eigenvalue weighted by Gasteiger charge is -2.22. The quantitative estimate of drug-likeness (QED) is 0.777. The molecule has 2 N–H and O–H groups in total. The van der Waals surface area contributed by atoms with Crippen LogP contribution in [0.4, 0.5) is 0 Å². The number of esters is 1. The van der Waals surface area contributed by atoms with Gasteiger partial charge in [0.15, 0.2) is 5.03 Å². The van der Waals surface area contributed by atoms with Crippen LogP contribution >= 0.6 is 11.8 Å². The fraction of sp³-hybridized carbons (Fsp3) is 0.636. The number of H-pyrrole nitrogens is 1. The second-order valence-electron chi connectivity index (χ2n) is 4.34. The van der Waals surface area contributed by atoms with Crippen LogP contribution in [0.2, 0.25) is 0 Å². The van der Waals surface area contributed by atoms with Crippen LogP contribution in [-0.4, -0.2) is 48.7 Å². The van der Waals surface area contributed by atoms with Gasteiger partial charge < -0.3 is 4.74 Å². The summed E-state index contributed by atoms with van der Waals surface area (Å²) in [7, 11) is -3.79. The second kappa shape index (κ2) is 6.59. The van der Waals surface area contributed by atoms with Gasteiger partial charge in [-0.05, 0) is 31.3 Å². The minimum absolute atomic E-state index is 0.0652. The fourth-order valence-electron chi connectivity index (χ4n) is 1.93. The molecule has 9 heteroatoms. The third-order valence-electron chi connectivity index (χ3n) is 2.91. The van der Waals surface area contributed by atoms with Gasteiger partial charge in [0.2, 0.25) is 0 Å². The molecule has 1 aliphatic rings. The highest BCUT2D eigenvalue weighted by Gasteiger charge is 2.28. The van der Waals surface area contributed by atoms with Gasteiger partial charge in [-0.2, -0.15) is 16.9 Å². The summed E-state index contributed by atoms with van der Waals surface area (Å²) in [6, 6.07) is -0.0976. The molecular formula is C11H17N3O4S2. The highest BCUT2D eigenvalue weighted by Crippen LogP contribution is 2.20. The maximum Gasteiger partial charge on any atom is 0.342 e. The van der Waals surface area contributed by atoms with Crippen molar-refractivity contribution in [2.24, 2.45) is 0 Å². The van der Waals surface area contributed by atoms with E-state index in [0.717, 1.165) is 24.3 Å². The number of hydrogen-bond donors (Lipinski definition) is 2. The largest absolute Gasteiger partial charge is 0.462 e. The predicted molar refractivity (Wildman–Crippen MR) is 75.2 cm³/mol. The van der Waals surface area contributed by atoms with Crippen molar-refractivity contribution in [3.05, 3.63) is 11.8 Å². The highest BCUT2D eigenvalue weighted by atomic mass is 32.2. The Bertz CT molecular complexity index is 564. The Morgan fingerprint density at radius 3 is 2.90 bits per heavy atom. The summed E-state index contributed by atoms with van der Waals surface area (Å²) in [5, 5.41) is 5.78. The number of aromatic nitrogens is 2. The van der Waals surface area contributed by atoms with Gasteiger partial charge in [-0.25, -0.2) is 17.9 Å². The summed E-state index contributed by atoms with van der Waals surface area (Å²) in [5.41, 5.74) is -0.0652. The van der Waals surface area contributed by atoms with Gasteiger partial charge in [0.1, 0.15) is 5.56 Å². The van der Waals surface area contributed by atoms with E-state index in [2.05, 4.69) is 14.9 Å². The molecule has 0 bridgehead atoms. The van der Waals surface area contributed by atoms with Crippen LogP contribution in [0.15, 0.2) is 11.2 Å². The van der Waals surface area contributed by atoms with Crippen molar-refractivity contribution in [1.82, 2.24) is 14.9 Å². The first-order valence-electron chi connectivity index (χ1n) is 6.35. The van der Waals surface area contributed by atoms with E-state index in [4.69, 9.17) is 4.74 Å². The first-order valence-corrected chi connectivity index (χ1v) is 8.99. The van der Waals surface area contributed by atoms with Crippen LogP contribution in [0.5, 0.6) is 0 Å². The van der Waals surface area contributed by atoms with Gasteiger partial charge in [0.25, 0.3) is 10.0 Å². The third-order valence-corrected chi connectivity index (χ3v) is 5.45. The number of ether oxygens (including phenoxy) is 1. The number of nitrogens with one attached hydrogen (secondary N) is 2. The topological polar surface area (TPSA) is 101 Å². The Morgan fingerprint density at radius 1 is 1.55 bits per heavy atom. The van der Waals surface area contributed by atoms with Crippen LogP contribution < -0.4 is 4.72 Å². The first-order chi connectivity index (χ1) is 9.54. The van der Waals surface area contributed by atoms with Crippen molar-refractivity contribution in [3.63, 3.8) is 0 Å². The number of carbonyl (C=O) groups is 1. The molecule has 20 heavy (non-hydrogen) atoms. The van der Waals surface area contributed by atoms with E-state index in [9.17, 15) is 13.2 Å². The number of hydrogen-bond acceptors (Lipinski definition) is 6. The van der Waals surface area contributed by atoms with E-state index in [-0.39, 0.29) is 23.2 Å².